The second-order valence-corrected chi connectivity index (χ2v) is 10.2. The Kier molecular flexibility index (Phi) is 5.45. The summed E-state index contributed by atoms with van der Waals surface area (Å²) in [6, 6.07) is 6.99. The molecule has 3 aliphatic rings. The van der Waals surface area contributed by atoms with Gasteiger partial charge in [0.2, 0.25) is 0 Å². The zero-order valence-corrected chi connectivity index (χ0v) is 17.6. The normalized spacial score (nSPS) is 33.4. The van der Waals surface area contributed by atoms with Crippen LogP contribution in [-0.2, 0) is 4.74 Å². The molecule has 1 aliphatic heterocycles. The number of nitrogens with one attached hydrogen (secondary N) is 1. The number of quaternary nitrogens is 1. The molecule has 2 N–H and O–H groups in total. The molecular weight excluding hydrogens is 355 g/mol. The van der Waals surface area contributed by atoms with Gasteiger partial charge in [-0.25, -0.2) is 4.39 Å². The van der Waals surface area contributed by atoms with Crippen molar-refractivity contribution in [2.24, 2.45) is 16.7 Å². The van der Waals surface area contributed by atoms with Crippen LogP contribution in [0.5, 0.6) is 0 Å². The molecule has 1 heterocycles. The molecule has 0 radical (unpaired) electrons. The van der Waals surface area contributed by atoms with Crippen molar-refractivity contribution in [2.75, 3.05) is 44.2 Å². The van der Waals surface area contributed by atoms with Crippen molar-refractivity contribution in [1.82, 2.24) is 0 Å². The van der Waals surface area contributed by atoms with Crippen LogP contribution in [0, 0.1) is 22.6 Å². The first-order valence-electron chi connectivity index (χ1n) is 10.9. The van der Waals surface area contributed by atoms with Crippen molar-refractivity contribution in [3.63, 3.8) is 0 Å². The van der Waals surface area contributed by atoms with E-state index in [2.05, 4.69) is 25.7 Å². The SMILES string of the molecule is CC1(C)[C@H]2CC[C@](C)(C2)[C@@H]1OC[C@H](O)C[NH+]1CCN(c2ccccc2F)CC1. The largest absolute Gasteiger partial charge is 0.385 e. The standard InChI is InChI=1S/C23H35FN2O2/c1-22(2)17-8-9-23(3,14-17)21(22)28-16-18(27)15-25-10-12-26(13-11-25)20-7-5-4-6-19(20)24/h4-7,17-18,21,27H,8-16H2,1-3H3/p+1/t17-,18+,21+,23+/m0/s1. The van der Waals surface area contributed by atoms with Crippen LogP contribution in [0.3, 0.4) is 0 Å². The van der Waals surface area contributed by atoms with Crippen molar-refractivity contribution in [1.29, 1.82) is 0 Å². The number of anilines is 1. The summed E-state index contributed by atoms with van der Waals surface area (Å²) in [7, 11) is 0. The molecule has 2 aliphatic carbocycles. The van der Waals surface area contributed by atoms with E-state index in [1.807, 2.05) is 12.1 Å². The van der Waals surface area contributed by atoms with Gasteiger partial charge in [0, 0.05) is 0 Å². The van der Waals surface area contributed by atoms with Gasteiger partial charge in [-0.3, -0.25) is 0 Å². The lowest BCUT2D eigenvalue weighted by molar-refractivity contribution is -0.903. The first-order valence-corrected chi connectivity index (χ1v) is 10.9. The first-order chi connectivity index (χ1) is 13.3. The molecule has 0 spiro atoms. The van der Waals surface area contributed by atoms with Crippen LogP contribution < -0.4 is 9.80 Å². The van der Waals surface area contributed by atoms with Gasteiger partial charge >= 0.3 is 0 Å². The van der Waals surface area contributed by atoms with E-state index in [9.17, 15) is 9.50 Å². The molecule has 3 fully saturated rings. The van der Waals surface area contributed by atoms with Crippen molar-refractivity contribution in [3.8, 4) is 0 Å². The smallest absolute Gasteiger partial charge is 0.146 e. The quantitative estimate of drug-likeness (QED) is 0.780. The Morgan fingerprint density at radius 3 is 2.61 bits per heavy atom. The Bertz CT molecular complexity index is 684. The molecule has 0 aromatic heterocycles. The molecule has 2 bridgehead atoms. The van der Waals surface area contributed by atoms with Crippen LogP contribution in [0.15, 0.2) is 24.3 Å². The third-order valence-electron chi connectivity index (χ3n) is 7.78. The molecule has 2 saturated carbocycles. The highest BCUT2D eigenvalue weighted by molar-refractivity contribution is 5.47. The first kappa shape index (κ1) is 20.1. The zero-order chi connectivity index (χ0) is 19.9. The van der Waals surface area contributed by atoms with E-state index >= 15 is 0 Å². The topological polar surface area (TPSA) is 37.1 Å². The molecule has 5 heteroatoms. The van der Waals surface area contributed by atoms with Crippen molar-refractivity contribution in [2.45, 2.75) is 52.2 Å². The van der Waals surface area contributed by atoms with Gasteiger partial charge in [0.05, 0.1) is 44.6 Å². The summed E-state index contributed by atoms with van der Waals surface area (Å²) < 4.78 is 20.3. The Morgan fingerprint density at radius 2 is 1.96 bits per heavy atom. The van der Waals surface area contributed by atoms with E-state index in [4.69, 9.17) is 4.74 Å². The molecule has 4 nitrogen and oxygen atoms in total. The van der Waals surface area contributed by atoms with Crippen molar-refractivity contribution in [3.05, 3.63) is 30.1 Å². The van der Waals surface area contributed by atoms with E-state index in [-0.39, 0.29) is 22.8 Å². The number of hydrogen-bond donors (Lipinski definition) is 2. The summed E-state index contributed by atoms with van der Waals surface area (Å²) in [6.45, 7) is 11.7. The average Bonchev–Trinajstić information content (AvgIpc) is 3.14. The summed E-state index contributed by atoms with van der Waals surface area (Å²) in [5.41, 5.74) is 1.19. The number of para-hydroxylation sites is 1. The van der Waals surface area contributed by atoms with Crippen LogP contribution in [0.4, 0.5) is 10.1 Å². The maximum absolute atomic E-state index is 14.0. The molecule has 1 saturated heterocycles. The number of fused-ring (bicyclic) bond motifs is 2. The third kappa shape index (κ3) is 3.69. The van der Waals surface area contributed by atoms with Gasteiger partial charge in [0.1, 0.15) is 18.5 Å². The lowest BCUT2D eigenvalue weighted by Gasteiger charge is -2.42. The summed E-state index contributed by atoms with van der Waals surface area (Å²) >= 11 is 0. The molecule has 0 amide bonds. The number of aliphatic hydroxyl groups excluding tert-OH is 1. The van der Waals surface area contributed by atoms with E-state index in [1.165, 1.54) is 30.2 Å². The monoisotopic (exact) mass is 391 g/mol. The number of aliphatic hydroxyl groups is 1. The number of ether oxygens (including phenoxy) is 1. The number of rotatable bonds is 6. The number of nitrogens with zero attached hydrogens (tertiary/aromatic N) is 1. The van der Waals surface area contributed by atoms with E-state index in [1.54, 1.807) is 6.07 Å². The van der Waals surface area contributed by atoms with E-state index in [0.29, 0.717) is 18.8 Å². The Hall–Kier alpha value is -1.17. The van der Waals surface area contributed by atoms with Crippen LogP contribution >= 0.6 is 0 Å². The van der Waals surface area contributed by atoms with E-state index in [0.717, 1.165) is 32.1 Å². The fourth-order valence-electron chi connectivity index (χ4n) is 6.25. The highest BCUT2D eigenvalue weighted by atomic mass is 19.1. The fraction of sp³-hybridized carbons (Fsp3) is 0.739. The average molecular weight is 392 g/mol. The number of halogens is 1. The van der Waals surface area contributed by atoms with Crippen LogP contribution in [0.25, 0.3) is 0 Å². The highest BCUT2D eigenvalue weighted by Gasteiger charge is 2.60. The van der Waals surface area contributed by atoms with Gasteiger partial charge in [0.15, 0.2) is 0 Å². The van der Waals surface area contributed by atoms with Crippen LogP contribution in [0.2, 0.25) is 0 Å². The summed E-state index contributed by atoms with van der Waals surface area (Å²) in [5.74, 6) is 0.609. The maximum atomic E-state index is 14.0. The number of benzene rings is 1. The predicted molar refractivity (Wildman–Crippen MR) is 109 cm³/mol. The highest BCUT2D eigenvalue weighted by Crippen LogP contribution is 2.63. The summed E-state index contributed by atoms with van der Waals surface area (Å²) in [5, 5.41) is 10.6. The Morgan fingerprint density at radius 1 is 1.25 bits per heavy atom. The Labute approximate surface area is 168 Å². The lowest BCUT2D eigenvalue weighted by atomic mass is 9.70. The lowest BCUT2D eigenvalue weighted by Crippen LogP contribution is -3.16. The summed E-state index contributed by atoms with van der Waals surface area (Å²) in [6.07, 6.45) is 3.66. The molecule has 1 aromatic carbocycles. The molecular formula is C23H36FN2O2+. The minimum Gasteiger partial charge on any atom is -0.385 e. The van der Waals surface area contributed by atoms with Gasteiger partial charge in [-0.2, -0.15) is 0 Å². The maximum Gasteiger partial charge on any atom is 0.146 e. The molecule has 0 unspecified atom stereocenters. The fourth-order valence-corrected chi connectivity index (χ4v) is 6.25. The zero-order valence-electron chi connectivity index (χ0n) is 17.6. The third-order valence-corrected chi connectivity index (χ3v) is 7.78. The number of hydrogen-bond acceptors (Lipinski definition) is 3. The predicted octanol–water partition coefficient (Wildman–Crippen LogP) is 2.12. The van der Waals surface area contributed by atoms with Crippen molar-refractivity contribution < 1.29 is 19.1 Å². The van der Waals surface area contributed by atoms with Gasteiger partial charge in [-0.15, -0.1) is 0 Å². The molecule has 28 heavy (non-hydrogen) atoms. The number of piperazine rings is 1. The van der Waals surface area contributed by atoms with Crippen molar-refractivity contribution >= 4 is 5.69 Å². The van der Waals surface area contributed by atoms with Crippen LogP contribution in [0.1, 0.15) is 40.0 Å². The molecule has 156 valence electrons. The van der Waals surface area contributed by atoms with Gasteiger partial charge in [0.25, 0.3) is 0 Å². The second kappa shape index (κ2) is 7.58. The van der Waals surface area contributed by atoms with Gasteiger partial charge in [-0.05, 0) is 48.1 Å². The summed E-state index contributed by atoms with van der Waals surface area (Å²) in [4.78, 5) is 3.49. The Balaban J connectivity index is 1.24. The molecule has 4 rings (SSSR count). The van der Waals surface area contributed by atoms with Gasteiger partial charge in [-0.1, -0.05) is 32.9 Å². The molecule has 4 atom stereocenters. The minimum atomic E-state index is -0.437. The van der Waals surface area contributed by atoms with E-state index < -0.39 is 6.10 Å². The van der Waals surface area contributed by atoms with Crippen LogP contribution in [-0.4, -0.2) is 56.6 Å². The van der Waals surface area contributed by atoms with Gasteiger partial charge < -0.3 is 19.6 Å². The molecule has 1 aromatic rings. The minimum absolute atomic E-state index is 0.152. The second-order valence-electron chi connectivity index (χ2n) is 10.2.